The van der Waals surface area contributed by atoms with Crippen LogP contribution in [0.25, 0.3) is 0 Å². The molecule has 1 aromatic rings. The number of imide groups is 1. The zero-order valence-electron chi connectivity index (χ0n) is 14.1. The average molecular weight is 305 g/mol. The van der Waals surface area contributed by atoms with Crippen molar-refractivity contribution >= 4 is 12.0 Å². The number of amides is 2. The maximum atomic E-state index is 11.7. The van der Waals surface area contributed by atoms with Gasteiger partial charge in [-0.1, -0.05) is 42.3 Å². The van der Waals surface area contributed by atoms with E-state index < -0.39 is 11.7 Å². The SMILES string of the molecule is CC(C)(C)OC(=O)N1CCCCCC1=O.Cc1ccccc1. The lowest BCUT2D eigenvalue weighted by Crippen LogP contribution is -2.40. The molecule has 2 rings (SSSR count). The molecule has 1 aliphatic heterocycles. The average Bonchev–Trinajstić information content (AvgIpc) is 2.63. The zero-order chi connectivity index (χ0) is 16.6. The van der Waals surface area contributed by atoms with Crippen LogP contribution in [0.3, 0.4) is 0 Å². The molecule has 1 aromatic carbocycles. The summed E-state index contributed by atoms with van der Waals surface area (Å²) in [6.45, 7) is 7.97. The van der Waals surface area contributed by atoms with Crippen LogP contribution in [0.5, 0.6) is 0 Å². The van der Waals surface area contributed by atoms with Crippen molar-refractivity contribution in [2.75, 3.05) is 6.54 Å². The Bertz CT molecular complexity index is 477. The van der Waals surface area contributed by atoms with Crippen molar-refractivity contribution in [1.82, 2.24) is 4.90 Å². The van der Waals surface area contributed by atoms with Gasteiger partial charge in [-0.2, -0.15) is 0 Å². The van der Waals surface area contributed by atoms with Gasteiger partial charge in [0.25, 0.3) is 0 Å². The van der Waals surface area contributed by atoms with E-state index in [4.69, 9.17) is 4.74 Å². The second-order valence-corrected chi connectivity index (χ2v) is 6.49. The largest absolute Gasteiger partial charge is 0.443 e. The monoisotopic (exact) mass is 305 g/mol. The molecule has 0 radical (unpaired) electrons. The highest BCUT2D eigenvalue weighted by Gasteiger charge is 2.27. The predicted octanol–water partition coefficient (Wildman–Crippen LogP) is 4.32. The number of aryl methyl sites for hydroxylation is 1. The molecule has 0 aromatic heterocycles. The number of benzene rings is 1. The molecule has 0 aliphatic carbocycles. The Morgan fingerprint density at radius 3 is 2.23 bits per heavy atom. The molecule has 22 heavy (non-hydrogen) atoms. The fourth-order valence-electron chi connectivity index (χ4n) is 2.03. The van der Waals surface area contributed by atoms with Crippen molar-refractivity contribution in [3.63, 3.8) is 0 Å². The summed E-state index contributed by atoms with van der Waals surface area (Å²) in [4.78, 5) is 24.5. The van der Waals surface area contributed by atoms with Crippen LogP contribution in [0.1, 0.15) is 52.0 Å². The van der Waals surface area contributed by atoms with Crippen LogP contribution >= 0.6 is 0 Å². The molecule has 1 heterocycles. The molecule has 0 N–H and O–H groups in total. The summed E-state index contributed by atoms with van der Waals surface area (Å²) in [5.41, 5.74) is 0.784. The number of ether oxygens (including phenoxy) is 1. The zero-order valence-corrected chi connectivity index (χ0v) is 14.1. The van der Waals surface area contributed by atoms with Crippen molar-refractivity contribution in [1.29, 1.82) is 0 Å². The van der Waals surface area contributed by atoms with Gasteiger partial charge in [-0.25, -0.2) is 9.69 Å². The summed E-state index contributed by atoms with van der Waals surface area (Å²) in [5.74, 6) is -0.109. The van der Waals surface area contributed by atoms with Gasteiger partial charge in [-0.05, 0) is 40.5 Å². The minimum atomic E-state index is -0.538. The third-order valence-electron chi connectivity index (χ3n) is 3.13. The summed E-state index contributed by atoms with van der Waals surface area (Å²) in [6.07, 6.45) is 2.71. The highest BCUT2D eigenvalue weighted by molar-refractivity contribution is 5.92. The third kappa shape index (κ3) is 7.25. The molecule has 0 atom stereocenters. The summed E-state index contributed by atoms with van der Waals surface area (Å²) in [6, 6.07) is 10.3. The lowest BCUT2D eigenvalue weighted by molar-refractivity contribution is -0.129. The number of rotatable bonds is 0. The molecule has 1 saturated heterocycles. The first-order valence-electron chi connectivity index (χ1n) is 7.84. The number of hydrogen-bond acceptors (Lipinski definition) is 3. The summed E-state index contributed by atoms with van der Waals surface area (Å²) in [5, 5.41) is 0. The Hall–Kier alpha value is -1.84. The summed E-state index contributed by atoms with van der Waals surface area (Å²) in [7, 11) is 0. The van der Waals surface area contributed by atoms with Crippen LogP contribution < -0.4 is 0 Å². The smallest absolute Gasteiger partial charge is 0.417 e. The van der Waals surface area contributed by atoms with Gasteiger partial charge in [0.05, 0.1) is 0 Å². The maximum absolute atomic E-state index is 11.7. The molecule has 0 bridgehead atoms. The van der Waals surface area contributed by atoms with E-state index in [1.165, 1.54) is 10.5 Å². The van der Waals surface area contributed by atoms with Crippen molar-refractivity contribution in [2.45, 2.75) is 59.0 Å². The molecule has 1 fully saturated rings. The number of likely N-dealkylation sites (tertiary alicyclic amines) is 1. The van der Waals surface area contributed by atoms with Gasteiger partial charge in [0.2, 0.25) is 5.91 Å². The first-order valence-corrected chi connectivity index (χ1v) is 7.84. The van der Waals surface area contributed by atoms with Crippen LogP contribution in [0, 0.1) is 6.92 Å². The van der Waals surface area contributed by atoms with Gasteiger partial charge in [-0.3, -0.25) is 4.79 Å². The highest BCUT2D eigenvalue weighted by atomic mass is 16.6. The minimum absolute atomic E-state index is 0.109. The standard InChI is InChI=1S/C11H19NO3.C7H8/c1-11(2,3)15-10(14)12-8-6-4-5-7-9(12)13;1-7-5-3-2-4-6-7/h4-8H2,1-3H3;2-6H,1H3. The lowest BCUT2D eigenvalue weighted by Gasteiger charge is -2.25. The predicted molar refractivity (Wildman–Crippen MR) is 87.6 cm³/mol. The fourth-order valence-corrected chi connectivity index (χ4v) is 2.03. The van der Waals surface area contributed by atoms with Crippen LogP contribution in [0.2, 0.25) is 0 Å². The van der Waals surface area contributed by atoms with E-state index in [1.54, 1.807) is 20.8 Å². The molecule has 0 unspecified atom stereocenters. The van der Waals surface area contributed by atoms with Crippen molar-refractivity contribution in [2.24, 2.45) is 0 Å². The Morgan fingerprint density at radius 2 is 1.73 bits per heavy atom. The molecule has 2 amide bonds. The Morgan fingerprint density at radius 1 is 1.09 bits per heavy atom. The first-order chi connectivity index (χ1) is 10.3. The molecular formula is C18H27NO3. The van der Waals surface area contributed by atoms with Crippen LogP contribution in [-0.4, -0.2) is 29.0 Å². The lowest BCUT2D eigenvalue weighted by atomic mass is 10.2. The number of carbonyl (C=O) groups excluding carboxylic acids is 2. The molecule has 0 spiro atoms. The molecule has 1 aliphatic rings. The first kappa shape index (κ1) is 18.2. The summed E-state index contributed by atoms with van der Waals surface area (Å²) < 4.78 is 5.17. The Kier molecular flexibility index (Phi) is 7.09. The van der Waals surface area contributed by atoms with Crippen LogP contribution in [0.4, 0.5) is 4.79 Å². The van der Waals surface area contributed by atoms with Gasteiger partial charge in [0.15, 0.2) is 0 Å². The second kappa shape index (κ2) is 8.57. The highest BCUT2D eigenvalue weighted by Crippen LogP contribution is 2.15. The summed E-state index contributed by atoms with van der Waals surface area (Å²) >= 11 is 0. The fraction of sp³-hybridized carbons (Fsp3) is 0.556. The number of hydrogen-bond donors (Lipinski definition) is 0. The molecule has 4 nitrogen and oxygen atoms in total. The Labute approximate surface area is 133 Å². The Balaban J connectivity index is 0.000000287. The van der Waals surface area contributed by atoms with Crippen LogP contribution in [-0.2, 0) is 9.53 Å². The van der Waals surface area contributed by atoms with E-state index in [0.29, 0.717) is 13.0 Å². The van der Waals surface area contributed by atoms with Crippen molar-refractivity contribution < 1.29 is 14.3 Å². The minimum Gasteiger partial charge on any atom is -0.443 e. The molecular weight excluding hydrogens is 278 g/mol. The molecule has 4 heteroatoms. The van der Waals surface area contributed by atoms with Gasteiger partial charge in [-0.15, -0.1) is 0 Å². The molecule has 122 valence electrons. The van der Waals surface area contributed by atoms with Crippen LogP contribution in [0.15, 0.2) is 30.3 Å². The van der Waals surface area contributed by atoms with Gasteiger partial charge >= 0.3 is 6.09 Å². The van der Waals surface area contributed by atoms with E-state index in [1.807, 2.05) is 18.2 Å². The quantitative estimate of drug-likeness (QED) is 0.717. The van der Waals surface area contributed by atoms with E-state index in [-0.39, 0.29) is 5.91 Å². The topological polar surface area (TPSA) is 46.6 Å². The van der Waals surface area contributed by atoms with Gasteiger partial charge < -0.3 is 4.74 Å². The van der Waals surface area contributed by atoms with Crippen molar-refractivity contribution in [3.8, 4) is 0 Å². The van der Waals surface area contributed by atoms with Gasteiger partial charge in [0, 0.05) is 13.0 Å². The van der Waals surface area contributed by atoms with Gasteiger partial charge in [0.1, 0.15) is 5.60 Å². The third-order valence-corrected chi connectivity index (χ3v) is 3.13. The molecule has 0 saturated carbocycles. The van der Waals surface area contributed by atoms with Crippen molar-refractivity contribution in [3.05, 3.63) is 35.9 Å². The van der Waals surface area contributed by atoms with E-state index in [0.717, 1.165) is 19.3 Å². The maximum Gasteiger partial charge on any atom is 0.417 e. The second-order valence-electron chi connectivity index (χ2n) is 6.49. The normalized spacial score (nSPS) is 15.5. The van der Waals surface area contributed by atoms with E-state index in [9.17, 15) is 9.59 Å². The number of nitrogens with zero attached hydrogens (tertiary/aromatic N) is 1. The van der Waals surface area contributed by atoms with E-state index >= 15 is 0 Å². The van der Waals surface area contributed by atoms with E-state index in [2.05, 4.69) is 19.1 Å². The number of carbonyl (C=O) groups is 2.